The maximum atomic E-state index is 8.78. The summed E-state index contributed by atoms with van der Waals surface area (Å²) in [5.74, 6) is 0. The Hall–Kier alpha value is -0.135. The fourth-order valence-electron chi connectivity index (χ4n) is 1.91. The van der Waals surface area contributed by atoms with Crippen molar-refractivity contribution < 1.29 is 10.0 Å². The summed E-state index contributed by atoms with van der Waals surface area (Å²) in [6, 6.07) is 0. The molecule has 114 valence electrons. The predicted molar refractivity (Wildman–Crippen MR) is 82.1 cm³/mol. The van der Waals surface area contributed by atoms with E-state index >= 15 is 0 Å². The molecule has 6 heteroatoms. The summed E-state index contributed by atoms with van der Waals surface area (Å²) in [5, 5.41) is 17.6. The van der Waals surface area contributed by atoms with Crippen LogP contribution in [0.1, 0.15) is 32.6 Å². The van der Waals surface area contributed by atoms with Crippen LogP contribution in [0.2, 0.25) is 6.32 Å². The summed E-state index contributed by atoms with van der Waals surface area (Å²) in [5.41, 5.74) is 6.12. The Bertz CT molecular complexity index is 226. The lowest BCUT2D eigenvalue weighted by atomic mass is 9.82. The van der Waals surface area contributed by atoms with Gasteiger partial charge in [0.25, 0.3) is 0 Å². The highest BCUT2D eigenvalue weighted by atomic mass is 16.4. The average molecular weight is 273 g/mol. The van der Waals surface area contributed by atoms with E-state index in [2.05, 4.69) is 37.9 Å². The van der Waals surface area contributed by atoms with E-state index in [1.807, 2.05) is 0 Å². The number of likely N-dealkylation sites (N-methyl/N-ethyl adjacent to an activating group) is 2. The van der Waals surface area contributed by atoms with E-state index in [0.717, 1.165) is 45.3 Å². The second kappa shape index (κ2) is 9.72. The van der Waals surface area contributed by atoms with Gasteiger partial charge in [-0.15, -0.1) is 0 Å². The number of nitrogens with zero attached hydrogens (tertiary/aromatic N) is 2. The second-order valence-electron chi connectivity index (χ2n) is 6.24. The van der Waals surface area contributed by atoms with Crippen LogP contribution in [0.4, 0.5) is 0 Å². The molecule has 19 heavy (non-hydrogen) atoms. The lowest BCUT2D eigenvalue weighted by Gasteiger charge is -2.28. The zero-order valence-electron chi connectivity index (χ0n) is 13.1. The third-order valence-corrected chi connectivity index (χ3v) is 3.45. The highest BCUT2D eigenvalue weighted by molar-refractivity contribution is 6.40. The summed E-state index contributed by atoms with van der Waals surface area (Å²) >= 11 is 0. The summed E-state index contributed by atoms with van der Waals surface area (Å²) in [4.78, 5) is 4.49. The molecule has 0 fully saturated rings. The minimum atomic E-state index is -1.18. The third-order valence-electron chi connectivity index (χ3n) is 3.45. The SMILES string of the molecule is CN(C)CCN(C)CCC(C)(N)CCCCB(O)O. The molecule has 1 unspecified atom stereocenters. The molecule has 0 spiro atoms. The van der Waals surface area contributed by atoms with E-state index in [9.17, 15) is 0 Å². The van der Waals surface area contributed by atoms with E-state index in [-0.39, 0.29) is 5.54 Å². The molecule has 0 radical (unpaired) electrons. The molecule has 0 rings (SSSR count). The number of hydrogen-bond donors (Lipinski definition) is 3. The smallest absolute Gasteiger partial charge is 0.427 e. The van der Waals surface area contributed by atoms with Gasteiger partial charge in [-0.1, -0.05) is 12.8 Å². The summed E-state index contributed by atoms with van der Waals surface area (Å²) in [7, 11) is 5.11. The molecule has 0 saturated heterocycles. The molecular formula is C13H32BN3O2. The quantitative estimate of drug-likeness (QED) is 0.371. The Kier molecular flexibility index (Phi) is 9.65. The Morgan fingerprint density at radius 2 is 1.63 bits per heavy atom. The number of hydrogen-bond acceptors (Lipinski definition) is 5. The molecule has 0 heterocycles. The van der Waals surface area contributed by atoms with Crippen LogP contribution in [0.15, 0.2) is 0 Å². The zero-order valence-corrected chi connectivity index (χ0v) is 13.1. The minimum absolute atomic E-state index is 0.160. The molecule has 0 bridgehead atoms. The van der Waals surface area contributed by atoms with Crippen molar-refractivity contribution in [2.75, 3.05) is 40.8 Å². The van der Waals surface area contributed by atoms with Gasteiger partial charge in [0.15, 0.2) is 0 Å². The first-order chi connectivity index (χ1) is 8.73. The van der Waals surface area contributed by atoms with Gasteiger partial charge >= 0.3 is 7.12 Å². The van der Waals surface area contributed by atoms with Gasteiger partial charge in [0, 0.05) is 18.6 Å². The molecule has 4 N–H and O–H groups in total. The van der Waals surface area contributed by atoms with Crippen molar-refractivity contribution in [2.24, 2.45) is 5.73 Å². The van der Waals surface area contributed by atoms with E-state index in [1.165, 1.54) is 0 Å². The summed E-state index contributed by atoms with van der Waals surface area (Å²) in [6.45, 7) is 5.21. The molecule has 0 aromatic carbocycles. The minimum Gasteiger partial charge on any atom is -0.427 e. The van der Waals surface area contributed by atoms with Gasteiger partial charge in [-0.25, -0.2) is 0 Å². The first-order valence-electron chi connectivity index (χ1n) is 7.21. The lowest BCUT2D eigenvalue weighted by molar-refractivity contribution is 0.250. The van der Waals surface area contributed by atoms with Crippen LogP contribution in [0.25, 0.3) is 0 Å². The standard InChI is InChI=1S/C13H32BN3O2/c1-13(15,7-5-6-9-14(18)19)8-10-17(4)12-11-16(2)3/h18-19H,5-12,15H2,1-4H3. The van der Waals surface area contributed by atoms with Crippen molar-refractivity contribution >= 4 is 7.12 Å². The highest BCUT2D eigenvalue weighted by Gasteiger charge is 2.19. The van der Waals surface area contributed by atoms with Gasteiger partial charge in [0.1, 0.15) is 0 Å². The maximum absolute atomic E-state index is 8.78. The normalized spacial score (nSPS) is 15.0. The lowest BCUT2D eigenvalue weighted by Crippen LogP contribution is -2.40. The van der Waals surface area contributed by atoms with Gasteiger partial charge in [-0.3, -0.25) is 0 Å². The van der Waals surface area contributed by atoms with E-state index in [0.29, 0.717) is 6.32 Å². The molecule has 0 saturated carbocycles. The molecule has 0 aromatic rings. The van der Waals surface area contributed by atoms with Crippen LogP contribution >= 0.6 is 0 Å². The van der Waals surface area contributed by atoms with Crippen molar-refractivity contribution in [3.05, 3.63) is 0 Å². The number of unbranched alkanes of at least 4 members (excludes halogenated alkanes) is 1. The predicted octanol–water partition coefficient (Wildman–Crippen LogP) is 0.230. The van der Waals surface area contributed by atoms with Crippen LogP contribution in [0, 0.1) is 0 Å². The summed E-state index contributed by atoms with van der Waals surface area (Å²) in [6.07, 6.45) is 4.12. The first kappa shape index (κ1) is 18.9. The van der Waals surface area contributed by atoms with Crippen LogP contribution in [0.5, 0.6) is 0 Å². The monoisotopic (exact) mass is 273 g/mol. The molecule has 0 aliphatic rings. The van der Waals surface area contributed by atoms with Crippen LogP contribution in [0.3, 0.4) is 0 Å². The first-order valence-corrected chi connectivity index (χ1v) is 7.21. The van der Waals surface area contributed by atoms with Gasteiger partial charge in [-0.2, -0.15) is 0 Å². The van der Waals surface area contributed by atoms with Gasteiger partial charge < -0.3 is 25.6 Å². The fourth-order valence-corrected chi connectivity index (χ4v) is 1.91. The topological polar surface area (TPSA) is 73.0 Å². The maximum Gasteiger partial charge on any atom is 0.451 e. The Labute approximate surface area is 118 Å². The third kappa shape index (κ3) is 12.6. The van der Waals surface area contributed by atoms with Crippen LogP contribution in [-0.2, 0) is 0 Å². The van der Waals surface area contributed by atoms with Crippen LogP contribution in [-0.4, -0.2) is 73.3 Å². The van der Waals surface area contributed by atoms with E-state index in [4.69, 9.17) is 15.8 Å². The van der Waals surface area contributed by atoms with Crippen molar-refractivity contribution in [1.29, 1.82) is 0 Å². The molecular weight excluding hydrogens is 241 g/mol. The largest absolute Gasteiger partial charge is 0.451 e. The van der Waals surface area contributed by atoms with Gasteiger partial charge in [0.05, 0.1) is 0 Å². The van der Waals surface area contributed by atoms with Crippen LogP contribution < -0.4 is 5.73 Å². The number of nitrogens with two attached hydrogens (primary N) is 1. The highest BCUT2D eigenvalue weighted by Crippen LogP contribution is 2.16. The molecule has 1 atom stereocenters. The van der Waals surface area contributed by atoms with E-state index in [1.54, 1.807) is 0 Å². The molecule has 0 aliphatic carbocycles. The second-order valence-corrected chi connectivity index (χ2v) is 6.24. The van der Waals surface area contributed by atoms with Crippen molar-refractivity contribution in [3.8, 4) is 0 Å². The van der Waals surface area contributed by atoms with Crippen molar-refractivity contribution in [3.63, 3.8) is 0 Å². The van der Waals surface area contributed by atoms with Gasteiger partial charge in [-0.05, 0) is 53.8 Å². The molecule has 5 nitrogen and oxygen atoms in total. The average Bonchev–Trinajstić information content (AvgIpc) is 2.29. The Morgan fingerprint density at radius 3 is 2.16 bits per heavy atom. The molecule has 0 aromatic heterocycles. The molecule has 0 aliphatic heterocycles. The van der Waals surface area contributed by atoms with Crippen molar-refractivity contribution in [2.45, 2.75) is 44.5 Å². The molecule has 0 amide bonds. The van der Waals surface area contributed by atoms with Gasteiger partial charge in [0.2, 0.25) is 0 Å². The summed E-state index contributed by atoms with van der Waals surface area (Å²) < 4.78 is 0. The Morgan fingerprint density at radius 1 is 1.00 bits per heavy atom. The van der Waals surface area contributed by atoms with E-state index < -0.39 is 7.12 Å². The number of rotatable bonds is 11. The Balaban J connectivity index is 3.70. The van der Waals surface area contributed by atoms with Crippen molar-refractivity contribution in [1.82, 2.24) is 9.80 Å². The zero-order chi connectivity index (χ0) is 14.9. The fraction of sp³-hybridized carbons (Fsp3) is 1.00.